The number of rotatable bonds is 4. The van der Waals surface area contributed by atoms with Crippen molar-refractivity contribution in [2.45, 2.75) is 32.8 Å². The van der Waals surface area contributed by atoms with Gasteiger partial charge in [0.15, 0.2) is 17.0 Å². The number of aromatic nitrogens is 6. The predicted molar refractivity (Wildman–Crippen MR) is 147 cm³/mol. The summed E-state index contributed by atoms with van der Waals surface area (Å²) < 4.78 is 14.8. The van der Waals surface area contributed by atoms with Crippen LogP contribution >= 0.6 is 0 Å². The number of carbonyl (C=O) groups is 1. The molecule has 11 nitrogen and oxygen atoms in total. The van der Waals surface area contributed by atoms with Crippen LogP contribution in [-0.2, 0) is 16.5 Å². The van der Waals surface area contributed by atoms with E-state index in [2.05, 4.69) is 4.90 Å². The molecular formula is C28H32N8O3. The zero-order chi connectivity index (χ0) is 27.1. The van der Waals surface area contributed by atoms with Gasteiger partial charge in [0, 0.05) is 50.2 Å². The Labute approximate surface area is 226 Å². The van der Waals surface area contributed by atoms with Gasteiger partial charge < -0.3 is 18.9 Å². The molecule has 0 N–H and O–H groups in total. The highest BCUT2D eigenvalue weighted by molar-refractivity contribution is 5.87. The molecule has 0 unspecified atom stereocenters. The Hall–Kier alpha value is -4.25. The smallest absolute Gasteiger partial charge is 0.414 e. The quantitative estimate of drug-likeness (QED) is 0.391. The number of hydrogen-bond donors (Lipinski definition) is 0. The molecular weight excluding hydrogens is 496 g/mol. The normalized spacial score (nSPS) is 16.2. The van der Waals surface area contributed by atoms with Crippen molar-refractivity contribution in [2.75, 3.05) is 37.7 Å². The van der Waals surface area contributed by atoms with Crippen LogP contribution in [0.15, 0.2) is 48.8 Å². The molecule has 0 spiro atoms. The monoisotopic (exact) mass is 528 g/mol. The Bertz CT molecular complexity index is 1540. The summed E-state index contributed by atoms with van der Waals surface area (Å²) >= 11 is 0. The van der Waals surface area contributed by atoms with E-state index in [0.717, 1.165) is 28.5 Å². The van der Waals surface area contributed by atoms with E-state index in [1.165, 1.54) is 0 Å². The van der Waals surface area contributed by atoms with Crippen LogP contribution < -0.4 is 4.90 Å². The second-order valence-corrected chi connectivity index (χ2v) is 10.7. The van der Waals surface area contributed by atoms with E-state index in [1.807, 2.05) is 81.2 Å². The molecule has 1 saturated heterocycles. The molecule has 0 radical (unpaired) electrons. The number of amides is 1. The van der Waals surface area contributed by atoms with Gasteiger partial charge in [-0.05, 0) is 33.3 Å². The van der Waals surface area contributed by atoms with Crippen molar-refractivity contribution in [1.29, 1.82) is 0 Å². The van der Waals surface area contributed by atoms with Crippen LogP contribution in [0.25, 0.3) is 33.9 Å². The van der Waals surface area contributed by atoms with E-state index >= 15 is 0 Å². The molecule has 2 aliphatic heterocycles. The Morgan fingerprint density at radius 2 is 1.77 bits per heavy atom. The highest BCUT2D eigenvalue weighted by atomic mass is 16.6. The molecule has 1 aromatic carbocycles. The van der Waals surface area contributed by atoms with Crippen molar-refractivity contribution < 1.29 is 14.3 Å². The van der Waals surface area contributed by atoms with Gasteiger partial charge in [-0.25, -0.2) is 14.5 Å². The second-order valence-electron chi connectivity index (χ2n) is 10.7. The first-order valence-corrected chi connectivity index (χ1v) is 13.2. The first-order valence-electron chi connectivity index (χ1n) is 13.2. The summed E-state index contributed by atoms with van der Waals surface area (Å²) in [6, 6.07) is 12.0. The molecule has 0 bridgehead atoms. The topological polar surface area (TPSA) is 103 Å². The molecule has 39 heavy (non-hydrogen) atoms. The van der Waals surface area contributed by atoms with Crippen LogP contribution in [0.3, 0.4) is 0 Å². The minimum atomic E-state index is -0.558. The van der Waals surface area contributed by atoms with Gasteiger partial charge in [-0.15, -0.1) is 0 Å². The summed E-state index contributed by atoms with van der Waals surface area (Å²) in [5.41, 5.74) is 3.67. The fraction of sp³-hybridized carbons (Fsp3) is 0.393. The van der Waals surface area contributed by atoms with Gasteiger partial charge in [-0.3, -0.25) is 4.90 Å². The maximum Gasteiger partial charge on any atom is 0.414 e. The Kier molecular flexibility index (Phi) is 6.30. The van der Waals surface area contributed by atoms with Crippen molar-refractivity contribution in [3.8, 4) is 17.2 Å². The Morgan fingerprint density at radius 1 is 1.00 bits per heavy atom. The molecule has 6 rings (SSSR count). The number of morpholine rings is 1. The van der Waals surface area contributed by atoms with Crippen molar-refractivity contribution in [3.05, 3.63) is 54.6 Å². The van der Waals surface area contributed by atoms with E-state index in [-0.39, 0.29) is 6.09 Å². The second kappa shape index (κ2) is 9.81. The summed E-state index contributed by atoms with van der Waals surface area (Å²) in [5.74, 6) is 1.97. The van der Waals surface area contributed by atoms with Gasteiger partial charge in [0.1, 0.15) is 11.4 Å². The fourth-order valence-corrected chi connectivity index (χ4v) is 4.81. The van der Waals surface area contributed by atoms with Gasteiger partial charge in [-0.2, -0.15) is 15.1 Å². The fourth-order valence-electron chi connectivity index (χ4n) is 4.81. The van der Waals surface area contributed by atoms with Crippen LogP contribution in [0.1, 0.15) is 33.0 Å². The summed E-state index contributed by atoms with van der Waals surface area (Å²) in [5, 5.41) is 4.77. The van der Waals surface area contributed by atoms with Gasteiger partial charge in [-0.1, -0.05) is 30.3 Å². The standard InChI is InChI=1S/C28H32N8O3/c1-28(2,3)39-27(37)35-12-10-20(18-35)23-29-22-24(33(23)4)30-26(31-25(22)34-14-16-38-17-15-34)36-13-11-21(32-36)19-8-6-5-7-9-19/h5-9,11,13,18H,10,12,14-17H2,1-4H3. The molecule has 5 heterocycles. The number of carbonyl (C=O) groups excluding carboxylic acids is 1. The average molecular weight is 529 g/mol. The largest absolute Gasteiger partial charge is 0.443 e. The zero-order valence-electron chi connectivity index (χ0n) is 22.7. The number of anilines is 1. The van der Waals surface area contributed by atoms with E-state index in [0.29, 0.717) is 56.4 Å². The first kappa shape index (κ1) is 25.1. The lowest BCUT2D eigenvalue weighted by Crippen LogP contribution is -2.37. The SMILES string of the molecule is Cn1c(C2=CN(C(=O)OC(C)(C)C)CC2)nc2c(N3CCOCC3)nc(-n3ccc(-c4ccccc4)n3)nc21. The Morgan fingerprint density at radius 3 is 2.51 bits per heavy atom. The molecule has 0 saturated carbocycles. The average Bonchev–Trinajstić information content (AvgIpc) is 3.68. The summed E-state index contributed by atoms with van der Waals surface area (Å²) in [6.07, 6.45) is 4.02. The van der Waals surface area contributed by atoms with Gasteiger partial charge >= 0.3 is 6.09 Å². The molecule has 4 aromatic rings. The molecule has 1 amide bonds. The minimum absolute atomic E-state index is 0.361. The first-order chi connectivity index (χ1) is 18.8. The highest BCUT2D eigenvalue weighted by Gasteiger charge is 2.29. The van der Waals surface area contributed by atoms with Crippen LogP contribution in [0.5, 0.6) is 0 Å². The lowest BCUT2D eigenvalue weighted by Gasteiger charge is -2.28. The molecule has 202 valence electrons. The minimum Gasteiger partial charge on any atom is -0.443 e. The third kappa shape index (κ3) is 4.97. The van der Waals surface area contributed by atoms with E-state index in [1.54, 1.807) is 9.58 Å². The van der Waals surface area contributed by atoms with E-state index in [9.17, 15) is 4.79 Å². The van der Waals surface area contributed by atoms with Crippen LogP contribution in [0, 0.1) is 0 Å². The van der Waals surface area contributed by atoms with Crippen molar-refractivity contribution in [1.82, 2.24) is 34.2 Å². The number of fused-ring (bicyclic) bond motifs is 1. The molecule has 2 aliphatic rings. The maximum atomic E-state index is 12.6. The van der Waals surface area contributed by atoms with Gasteiger partial charge in [0.2, 0.25) is 0 Å². The van der Waals surface area contributed by atoms with E-state index < -0.39 is 5.60 Å². The number of aryl methyl sites for hydroxylation is 1. The lowest BCUT2D eigenvalue weighted by atomic mass is 10.2. The number of imidazole rings is 1. The molecule has 1 fully saturated rings. The number of nitrogens with zero attached hydrogens (tertiary/aromatic N) is 8. The highest BCUT2D eigenvalue weighted by Crippen LogP contribution is 2.32. The van der Waals surface area contributed by atoms with Crippen molar-refractivity contribution >= 4 is 28.6 Å². The van der Waals surface area contributed by atoms with E-state index in [4.69, 9.17) is 29.5 Å². The van der Waals surface area contributed by atoms with Gasteiger partial charge in [0.05, 0.1) is 18.9 Å². The van der Waals surface area contributed by atoms with Crippen LogP contribution in [0.2, 0.25) is 0 Å². The zero-order valence-corrected chi connectivity index (χ0v) is 22.7. The van der Waals surface area contributed by atoms with Crippen LogP contribution in [-0.4, -0.2) is 78.7 Å². The molecule has 3 aromatic heterocycles. The summed E-state index contributed by atoms with van der Waals surface area (Å²) in [6.45, 7) is 8.79. The maximum absolute atomic E-state index is 12.6. The number of hydrogen-bond acceptors (Lipinski definition) is 8. The molecule has 0 aliphatic carbocycles. The predicted octanol–water partition coefficient (Wildman–Crippen LogP) is 4.03. The number of ether oxygens (including phenoxy) is 2. The third-order valence-electron chi connectivity index (χ3n) is 6.71. The molecule has 11 heteroatoms. The Balaban J connectivity index is 1.41. The van der Waals surface area contributed by atoms with Crippen molar-refractivity contribution in [3.63, 3.8) is 0 Å². The molecule has 0 atom stereocenters. The van der Waals surface area contributed by atoms with Crippen LogP contribution in [0.4, 0.5) is 10.6 Å². The van der Waals surface area contributed by atoms with Crippen molar-refractivity contribution in [2.24, 2.45) is 7.05 Å². The van der Waals surface area contributed by atoms with Gasteiger partial charge in [0.25, 0.3) is 5.95 Å². The third-order valence-corrected chi connectivity index (χ3v) is 6.71. The summed E-state index contributed by atoms with van der Waals surface area (Å²) in [4.78, 5) is 31.3. The lowest BCUT2D eigenvalue weighted by molar-refractivity contribution is 0.0349. The summed E-state index contributed by atoms with van der Waals surface area (Å²) in [7, 11) is 1.94. The number of benzene rings is 1.